The lowest BCUT2D eigenvalue weighted by Crippen LogP contribution is -2.33. The molecule has 2 aromatic heterocycles. The van der Waals surface area contributed by atoms with Crippen LogP contribution in [-0.2, 0) is 4.74 Å². The standard InChI is InChI=1S/C22H13FN4O4S/c23-13-7-9-14(10-8-13)27-19(17-6-3-11-32-17)24-18(25-27)22(30)31-12-26-20(28)15-4-1-2-5-16(15)21(26)29/h1-11H,12H2. The lowest BCUT2D eigenvalue weighted by molar-refractivity contribution is 0.0218. The van der Waals surface area contributed by atoms with Gasteiger partial charge in [0.25, 0.3) is 17.6 Å². The molecule has 0 aliphatic carbocycles. The fourth-order valence-electron chi connectivity index (χ4n) is 3.27. The minimum Gasteiger partial charge on any atom is -0.438 e. The van der Waals surface area contributed by atoms with Gasteiger partial charge in [0.15, 0.2) is 12.6 Å². The van der Waals surface area contributed by atoms with Gasteiger partial charge in [-0.05, 0) is 47.8 Å². The zero-order valence-electron chi connectivity index (χ0n) is 16.3. The number of thiophene rings is 1. The van der Waals surface area contributed by atoms with E-state index in [0.29, 0.717) is 11.5 Å². The molecule has 0 radical (unpaired) electrons. The van der Waals surface area contributed by atoms with Crippen molar-refractivity contribution in [2.24, 2.45) is 0 Å². The molecule has 3 heterocycles. The second kappa shape index (κ2) is 7.82. The average molecular weight is 448 g/mol. The number of fused-ring (bicyclic) bond motifs is 1. The Morgan fingerprint density at radius 3 is 2.28 bits per heavy atom. The van der Waals surface area contributed by atoms with Crippen LogP contribution in [-0.4, -0.2) is 44.2 Å². The first-order chi connectivity index (χ1) is 15.5. The summed E-state index contributed by atoms with van der Waals surface area (Å²) < 4.78 is 19.9. The van der Waals surface area contributed by atoms with Gasteiger partial charge in [0.2, 0.25) is 0 Å². The predicted molar refractivity (Wildman–Crippen MR) is 112 cm³/mol. The molecular formula is C22H13FN4O4S. The van der Waals surface area contributed by atoms with E-state index in [1.165, 1.54) is 52.4 Å². The number of hydrogen-bond donors (Lipinski definition) is 0. The van der Waals surface area contributed by atoms with Gasteiger partial charge in [-0.15, -0.1) is 16.4 Å². The van der Waals surface area contributed by atoms with Gasteiger partial charge in [-0.1, -0.05) is 18.2 Å². The van der Waals surface area contributed by atoms with Crippen LogP contribution in [0.3, 0.4) is 0 Å². The molecule has 158 valence electrons. The fourth-order valence-corrected chi connectivity index (χ4v) is 3.97. The number of esters is 1. The molecule has 0 spiro atoms. The number of ether oxygens (including phenoxy) is 1. The van der Waals surface area contributed by atoms with E-state index in [1.54, 1.807) is 12.1 Å². The van der Waals surface area contributed by atoms with Crippen molar-refractivity contribution in [3.05, 3.63) is 88.8 Å². The highest BCUT2D eigenvalue weighted by atomic mass is 32.1. The van der Waals surface area contributed by atoms with E-state index in [-0.39, 0.29) is 17.0 Å². The maximum absolute atomic E-state index is 13.3. The van der Waals surface area contributed by atoms with Crippen molar-refractivity contribution >= 4 is 29.1 Å². The van der Waals surface area contributed by atoms with Gasteiger partial charge in [0, 0.05) is 0 Å². The zero-order chi connectivity index (χ0) is 22.2. The molecule has 1 aliphatic rings. The number of carbonyl (C=O) groups excluding carboxylic acids is 3. The lowest BCUT2D eigenvalue weighted by Gasteiger charge is -2.12. The summed E-state index contributed by atoms with van der Waals surface area (Å²) in [4.78, 5) is 43.4. The van der Waals surface area contributed by atoms with Crippen molar-refractivity contribution < 1.29 is 23.5 Å². The van der Waals surface area contributed by atoms with E-state index in [9.17, 15) is 18.8 Å². The summed E-state index contributed by atoms with van der Waals surface area (Å²) in [7, 11) is 0. The van der Waals surface area contributed by atoms with E-state index < -0.39 is 30.3 Å². The average Bonchev–Trinajstić information content (AvgIpc) is 3.53. The maximum Gasteiger partial charge on any atom is 0.380 e. The summed E-state index contributed by atoms with van der Waals surface area (Å²) in [6.07, 6.45) is 0. The first-order valence-corrected chi connectivity index (χ1v) is 10.3. The second-order valence-electron chi connectivity index (χ2n) is 6.77. The summed E-state index contributed by atoms with van der Waals surface area (Å²) in [5.74, 6) is -2.27. The number of imide groups is 1. The van der Waals surface area contributed by atoms with Crippen LogP contribution in [0.4, 0.5) is 4.39 Å². The summed E-state index contributed by atoms with van der Waals surface area (Å²) in [5, 5.41) is 6.06. The molecule has 32 heavy (non-hydrogen) atoms. The lowest BCUT2D eigenvalue weighted by atomic mass is 10.1. The molecule has 4 aromatic rings. The van der Waals surface area contributed by atoms with E-state index in [0.717, 1.165) is 9.78 Å². The van der Waals surface area contributed by atoms with Crippen LogP contribution in [0.15, 0.2) is 66.0 Å². The molecule has 0 atom stereocenters. The largest absolute Gasteiger partial charge is 0.438 e. The van der Waals surface area contributed by atoms with Crippen molar-refractivity contribution in [1.29, 1.82) is 0 Å². The van der Waals surface area contributed by atoms with Crippen LogP contribution in [0.25, 0.3) is 16.4 Å². The smallest absolute Gasteiger partial charge is 0.380 e. The Morgan fingerprint density at radius 2 is 1.66 bits per heavy atom. The van der Waals surface area contributed by atoms with Gasteiger partial charge in [-0.3, -0.25) is 9.59 Å². The molecule has 8 nitrogen and oxygen atoms in total. The van der Waals surface area contributed by atoms with Gasteiger partial charge in [-0.25, -0.2) is 18.8 Å². The minimum atomic E-state index is -0.903. The number of rotatable bonds is 5. The van der Waals surface area contributed by atoms with E-state index >= 15 is 0 Å². The Labute approximate surface area is 184 Å². The SMILES string of the molecule is O=C(OCN1C(=O)c2ccccc2C1=O)c1nc(-c2cccs2)n(-c2ccc(F)cc2)n1. The fraction of sp³-hybridized carbons (Fsp3) is 0.0455. The van der Waals surface area contributed by atoms with E-state index in [2.05, 4.69) is 10.1 Å². The van der Waals surface area contributed by atoms with Crippen molar-refractivity contribution in [3.8, 4) is 16.4 Å². The van der Waals surface area contributed by atoms with Crippen molar-refractivity contribution in [3.63, 3.8) is 0 Å². The predicted octanol–water partition coefficient (Wildman–Crippen LogP) is 3.55. The summed E-state index contributed by atoms with van der Waals surface area (Å²) in [5.41, 5.74) is 1.01. The highest BCUT2D eigenvalue weighted by Gasteiger charge is 2.36. The van der Waals surface area contributed by atoms with Crippen molar-refractivity contribution in [2.45, 2.75) is 0 Å². The summed E-state index contributed by atoms with van der Waals surface area (Å²) >= 11 is 1.39. The zero-order valence-corrected chi connectivity index (χ0v) is 17.1. The molecular weight excluding hydrogens is 435 g/mol. The topological polar surface area (TPSA) is 94.4 Å². The quantitative estimate of drug-likeness (QED) is 0.342. The van der Waals surface area contributed by atoms with Gasteiger partial charge in [-0.2, -0.15) is 4.98 Å². The van der Waals surface area contributed by atoms with Crippen molar-refractivity contribution in [2.75, 3.05) is 6.73 Å². The summed E-state index contributed by atoms with van der Waals surface area (Å²) in [6, 6.07) is 15.6. The normalized spacial score (nSPS) is 12.8. The molecule has 2 aromatic carbocycles. The molecule has 0 bridgehead atoms. The number of halogens is 1. The number of nitrogens with zero attached hydrogens (tertiary/aromatic N) is 4. The second-order valence-corrected chi connectivity index (χ2v) is 7.72. The molecule has 5 rings (SSSR count). The minimum absolute atomic E-state index is 0.255. The highest BCUT2D eigenvalue weighted by molar-refractivity contribution is 7.13. The number of hydrogen-bond acceptors (Lipinski definition) is 7. The van der Waals surface area contributed by atoms with Gasteiger partial charge < -0.3 is 4.74 Å². The highest BCUT2D eigenvalue weighted by Crippen LogP contribution is 2.26. The first-order valence-electron chi connectivity index (χ1n) is 9.42. The van der Waals surface area contributed by atoms with Crippen LogP contribution < -0.4 is 0 Å². The Morgan fingerprint density at radius 1 is 0.969 bits per heavy atom. The van der Waals surface area contributed by atoms with E-state index in [1.807, 2.05) is 17.5 Å². The Balaban J connectivity index is 1.40. The number of amides is 2. The third-order valence-electron chi connectivity index (χ3n) is 4.81. The van der Waals surface area contributed by atoms with Gasteiger partial charge in [0.1, 0.15) is 5.82 Å². The number of carbonyl (C=O) groups is 3. The Hall–Kier alpha value is -4.18. The Bertz CT molecular complexity index is 1310. The molecule has 0 saturated carbocycles. The summed E-state index contributed by atoms with van der Waals surface area (Å²) in [6.45, 7) is -0.565. The molecule has 10 heteroatoms. The van der Waals surface area contributed by atoms with Crippen LogP contribution in [0, 0.1) is 5.82 Å². The van der Waals surface area contributed by atoms with Crippen LogP contribution >= 0.6 is 11.3 Å². The maximum atomic E-state index is 13.3. The molecule has 0 saturated heterocycles. The molecule has 1 aliphatic heterocycles. The van der Waals surface area contributed by atoms with Crippen LogP contribution in [0.5, 0.6) is 0 Å². The molecule has 0 fully saturated rings. The van der Waals surface area contributed by atoms with Gasteiger partial charge in [0.05, 0.1) is 21.7 Å². The third kappa shape index (κ3) is 3.36. The molecule has 0 N–H and O–H groups in total. The third-order valence-corrected chi connectivity index (χ3v) is 5.67. The van der Waals surface area contributed by atoms with Crippen LogP contribution in [0.2, 0.25) is 0 Å². The van der Waals surface area contributed by atoms with Gasteiger partial charge >= 0.3 is 5.97 Å². The molecule has 0 unspecified atom stereocenters. The van der Waals surface area contributed by atoms with Crippen LogP contribution in [0.1, 0.15) is 31.3 Å². The molecule has 2 amide bonds. The van der Waals surface area contributed by atoms with E-state index in [4.69, 9.17) is 4.74 Å². The monoisotopic (exact) mass is 448 g/mol. The van der Waals surface area contributed by atoms with Crippen molar-refractivity contribution in [1.82, 2.24) is 19.7 Å². The first kappa shape index (κ1) is 19.8. The Kier molecular flexibility index (Phi) is 4.83. The number of aromatic nitrogens is 3. The number of benzene rings is 2.